The molecule has 0 aliphatic carbocycles. The lowest BCUT2D eigenvalue weighted by Crippen LogP contribution is -2.29. The zero-order valence-corrected chi connectivity index (χ0v) is 9.56. The first kappa shape index (κ1) is 9.68. The molecule has 16 heavy (non-hydrogen) atoms. The maximum absolute atomic E-state index is 6.18. The Labute approximate surface area is 101 Å². The molecule has 0 spiro atoms. The lowest BCUT2D eigenvalue weighted by atomic mass is 10.4. The van der Waals surface area contributed by atoms with E-state index in [-0.39, 0.29) is 0 Å². The van der Waals surface area contributed by atoms with Crippen molar-refractivity contribution in [3.05, 3.63) is 37.1 Å². The van der Waals surface area contributed by atoms with Crippen LogP contribution in [0.1, 0.15) is 0 Å². The van der Waals surface area contributed by atoms with Crippen LogP contribution in [0.2, 0.25) is 0 Å². The standard InChI is InChI=1S/C9H6ClN5S/c10-15-8-7(2-1-3-12-8)16-13-9(15)14-5-4-11-6-14/h1-6H. The fourth-order valence-electron chi connectivity index (χ4n) is 1.35. The summed E-state index contributed by atoms with van der Waals surface area (Å²) in [5.74, 6) is 1.27. The molecule has 0 bridgehead atoms. The Hall–Kier alpha value is -1.53. The van der Waals surface area contributed by atoms with Gasteiger partial charge in [-0.25, -0.2) is 14.4 Å². The molecule has 0 amide bonds. The molecule has 1 aliphatic heterocycles. The summed E-state index contributed by atoms with van der Waals surface area (Å²) in [6.45, 7) is 0. The quantitative estimate of drug-likeness (QED) is 0.532. The number of hydrogen-bond donors (Lipinski definition) is 0. The summed E-state index contributed by atoms with van der Waals surface area (Å²) in [5.41, 5.74) is 0. The van der Waals surface area contributed by atoms with Crippen LogP contribution in [-0.2, 0) is 0 Å². The molecule has 0 radical (unpaired) electrons. The summed E-state index contributed by atoms with van der Waals surface area (Å²) in [6.07, 6.45) is 6.79. The SMILES string of the molecule is ClN1C(n2ccnc2)=NSc2cccnc21. The van der Waals surface area contributed by atoms with Gasteiger partial charge in [-0.3, -0.25) is 4.57 Å². The molecule has 2 aromatic heterocycles. The Morgan fingerprint density at radius 2 is 2.25 bits per heavy atom. The van der Waals surface area contributed by atoms with Crippen molar-refractivity contribution in [3.8, 4) is 0 Å². The molecule has 0 fully saturated rings. The second-order valence-electron chi connectivity index (χ2n) is 3.06. The Bertz CT molecular complexity index is 539. The molecule has 0 unspecified atom stereocenters. The number of aromatic nitrogens is 3. The Balaban J connectivity index is 2.05. The lowest BCUT2D eigenvalue weighted by Gasteiger charge is -2.22. The minimum Gasteiger partial charge on any atom is -0.274 e. The van der Waals surface area contributed by atoms with E-state index in [2.05, 4.69) is 14.4 Å². The third-order valence-electron chi connectivity index (χ3n) is 2.07. The molecular weight excluding hydrogens is 246 g/mol. The normalized spacial score (nSPS) is 14.6. The molecule has 3 heterocycles. The number of hydrogen-bond acceptors (Lipinski definition) is 5. The summed E-state index contributed by atoms with van der Waals surface area (Å²) < 4.78 is 7.46. The van der Waals surface area contributed by atoms with Gasteiger partial charge in [-0.15, -0.1) is 0 Å². The summed E-state index contributed by atoms with van der Waals surface area (Å²) in [7, 11) is 0. The van der Waals surface area contributed by atoms with Gasteiger partial charge >= 0.3 is 0 Å². The molecule has 0 saturated carbocycles. The van der Waals surface area contributed by atoms with Gasteiger partial charge < -0.3 is 0 Å². The molecule has 0 atom stereocenters. The van der Waals surface area contributed by atoms with E-state index in [0.717, 1.165) is 4.90 Å². The Morgan fingerprint density at radius 3 is 3.06 bits per heavy atom. The molecule has 7 heteroatoms. The van der Waals surface area contributed by atoms with Gasteiger partial charge in [0.1, 0.15) is 6.33 Å². The van der Waals surface area contributed by atoms with Gasteiger partial charge in [0, 0.05) is 42.3 Å². The minimum atomic E-state index is 0.579. The molecular formula is C9H6ClN5S. The summed E-state index contributed by atoms with van der Waals surface area (Å²) in [6, 6.07) is 3.78. The maximum atomic E-state index is 6.18. The number of halogens is 1. The van der Waals surface area contributed by atoms with E-state index in [4.69, 9.17) is 11.8 Å². The molecule has 3 rings (SSSR count). The molecule has 5 nitrogen and oxygen atoms in total. The van der Waals surface area contributed by atoms with Gasteiger partial charge in [-0.2, -0.15) is 4.40 Å². The van der Waals surface area contributed by atoms with Crippen molar-refractivity contribution in [2.24, 2.45) is 4.40 Å². The third kappa shape index (κ3) is 1.46. The van der Waals surface area contributed by atoms with Crippen molar-refractivity contribution < 1.29 is 0 Å². The maximum Gasteiger partial charge on any atom is 0.239 e. The van der Waals surface area contributed by atoms with Crippen molar-refractivity contribution in [2.45, 2.75) is 4.90 Å². The minimum absolute atomic E-state index is 0.579. The first-order chi connectivity index (χ1) is 7.86. The van der Waals surface area contributed by atoms with Gasteiger partial charge in [-0.1, -0.05) is 0 Å². The summed E-state index contributed by atoms with van der Waals surface area (Å²) in [4.78, 5) is 9.11. The molecule has 0 saturated heterocycles. The van der Waals surface area contributed by atoms with Crippen molar-refractivity contribution in [2.75, 3.05) is 4.42 Å². The van der Waals surface area contributed by atoms with Gasteiger partial charge in [-0.05, 0) is 12.1 Å². The predicted molar refractivity (Wildman–Crippen MR) is 63.5 cm³/mol. The average molecular weight is 252 g/mol. The second kappa shape index (κ2) is 3.80. The van der Waals surface area contributed by atoms with Crippen LogP contribution < -0.4 is 4.42 Å². The van der Waals surface area contributed by atoms with E-state index >= 15 is 0 Å². The van der Waals surface area contributed by atoms with E-state index in [1.165, 1.54) is 16.4 Å². The average Bonchev–Trinajstić information content (AvgIpc) is 2.83. The zero-order valence-electron chi connectivity index (χ0n) is 7.99. The van der Waals surface area contributed by atoms with Crippen molar-refractivity contribution in [1.82, 2.24) is 14.5 Å². The van der Waals surface area contributed by atoms with Gasteiger partial charge in [0.25, 0.3) is 0 Å². The van der Waals surface area contributed by atoms with E-state index in [0.29, 0.717) is 11.8 Å². The fourth-order valence-corrected chi connectivity index (χ4v) is 2.42. The van der Waals surface area contributed by atoms with Crippen molar-refractivity contribution in [3.63, 3.8) is 0 Å². The van der Waals surface area contributed by atoms with Crippen LogP contribution in [0.5, 0.6) is 0 Å². The highest BCUT2D eigenvalue weighted by Crippen LogP contribution is 2.34. The van der Waals surface area contributed by atoms with E-state index in [1.807, 2.05) is 12.1 Å². The Morgan fingerprint density at radius 1 is 1.31 bits per heavy atom. The van der Waals surface area contributed by atoms with Crippen LogP contribution in [-0.4, -0.2) is 20.5 Å². The first-order valence-electron chi connectivity index (χ1n) is 4.50. The number of nitrogens with zero attached hydrogens (tertiary/aromatic N) is 5. The van der Waals surface area contributed by atoms with E-state index in [1.54, 1.807) is 29.5 Å². The van der Waals surface area contributed by atoms with Crippen molar-refractivity contribution >= 4 is 35.5 Å². The van der Waals surface area contributed by atoms with Gasteiger partial charge in [0.05, 0.1) is 4.90 Å². The van der Waals surface area contributed by atoms with Crippen molar-refractivity contribution in [1.29, 1.82) is 0 Å². The third-order valence-corrected chi connectivity index (χ3v) is 3.15. The van der Waals surface area contributed by atoms with Crippen LogP contribution in [0, 0.1) is 0 Å². The molecule has 1 aliphatic rings. The molecule has 0 aromatic carbocycles. The predicted octanol–water partition coefficient (Wildman–Crippen LogP) is 2.16. The fraction of sp³-hybridized carbons (Fsp3) is 0. The van der Waals surface area contributed by atoms with Crippen LogP contribution in [0.25, 0.3) is 0 Å². The zero-order chi connectivity index (χ0) is 11.0. The Kier molecular flexibility index (Phi) is 2.30. The highest BCUT2D eigenvalue weighted by molar-refractivity contribution is 7.98. The lowest BCUT2D eigenvalue weighted by molar-refractivity contribution is 1.07. The number of rotatable bonds is 0. The van der Waals surface area contributed by atoms with E-state index in [9.17, 15) is 0 Å². The topological polar surface area (TPSA) is 46.3 Å². The number of imidazole rings is 1. The van der Waals surface area contributed by atoms with Crippen LogP contribution in [0.3, 0.4) is 0 Å². The smallest absolute Gasteiger partial charge is 0.239 e. The van der Waals surface area contributed by atoms with Gasteiger partial charge in [0.15, 0.2) is 5.82 Å². The first-order valence-corrected chi connectivity index (χ1v) is 5.61. The molecule has 2 aromatic rings. The number of fused-ring (bicyclic) bond motifs is 1. The van der Waals surface area contributed by atoms with Crippen LogP contribution in [0.4, 0.5) is 5.82 Å². The highest BCUT2D eigenvalue weighted by Gasteiger charge is 2.22. The molecule has 0 N–H and O–H groups in total. The summed E-state index contributed by atoms with van der Waals surface area (Å²) in [5, 5.41) is 0. The van der Waals surface area contributed by atoms with E-state index < -0.39 is 0 Å². The number of pyridine rings is 1. The largest absolute Gasteiger partial charge is 0.274 e. The monoisotopic (exact) mass is 251 g/mol. The number of anilines is 1. The van der Waals surface area contributed by atoms with Gasteiger partial charge in [0.2, 0.25) is 5.96 Å². The van der Waals surface area contributed by atoms with Crippen LogP contribution >= 0.6 is 23.7 Å². The highest BCUT2D eigenvalue weighted by atomic mass is 35.5. The summed E-state index contributed by atoms with van der Waals surface area (Å²) >= 11 is 7.53. The van der Waals surface area contributed by atoms with Crippen LogP contribution in [0.15, 0.2) is 46.3 Å². The molecule has 80 valence electrons. The second-order valence-corrected chi connectivity index (χ2v) is 4.20.